The third kappa shape index (κ3) is 3.28. The molecule has 1 aromatic heterocycles. The van der Waals surface area contributed by atoms with E-state index >= 15 is 0 Å². The lowest BCUT2D eigenvalue weighted by Gasteiger charge is -2.14. The number of carbonyl (C=O) groups is 1. The Labute approximate surface area is 127 Å². The van der Waals surface area contributed by atoms with Gasteiger partial charge in [0.15, 0.2) is 0 Å². The highest BCUT2D eigenvalue weighted by atomic mass is 79.9. The first-order valence-corrected chi connectivity index (χ1v) is 7.32. The Hall–Kier alpha value is -1.62. The van der Waals surface area contributed by atoms with Gasteiger partial charge in [-0.25, -0.2) is 0 Å². The first kappa shape index (κ1) is 14.8. The average molecular weight is 336 g/mol. The van der Waals surface area contributed by atoms with Crippen molar-refractivity contribution in [1.82, 2.24) is 15.1 Å². The Kier molecular flexibility index (Phi) is 4.60. The fourth-order valence-corrected chi connectivity index (χ4v) is 2.36. The molecule has 1 aromatic carbocycles. The number of rotatable bonds is 4. The highest BCUT2D eigenvalue weighted by Gasteiger charge is 2.14. The lowest BCUT2D eigenvalue weighted by Crippen LogP contribution is -2.30. The van der Waals surface area contributed by atoms with E-state index < -0.39 is 0 Å². The van der Waals surface area contributed by atoms with Crippen LogP contribution >= 0.6 is 15.9 Å². The smallest absolute Gasteiger partial charge is 0.242 e. The molecule has 4 nitrogen and oxygen atoms in total. The van der Waals surface area contributed by atoms with Crippen molar-refractivity contribution in [2.24, 2.45) is 0 Å². The molecule has 5 heteroatoms. The van der Waals surface area contributed by atoms with E-state index in [2.05, 4.69) is 26.3 Å². The zero-order valence-electron chi connectivity index (χ0n) is 11.9. The predicted molar refractivity (Wildman–Crippen MR) is 82.4 cm³/mol. The van der Waals surface area contributed by atoms with Crippen LogP contribution in [0.2, 0.25) is 0 Å². The number of aryl methyl sites for hydroxylation is 1. The summed E-state index contributed by atoms with van der Waals surface area (Å²) >= 11 is 3.46. The summed E-state index contributed by atoms with van der Waals surface area (Å²) in [5, 5.41) is 7.32. The summed E-state index contributed by atoms with van der Waals surface area (Å²) < 4.78 is 2.67. The van der Waals surface area contributed by atoms with Crippen molar-refractivity contribution in [1.29, 1.82) is 0 Å². The number of amides is 1. The number of halogens is 1. The van der Waals surface area contributed by atoms with Gasteiger partial charge in [0.2, 0.25) is 5.91 Å². The Morgan fingerprint density at radius 3 is 2.55 bits per heavy atom. The maximum absolute atomic E-state index is 12.1. The van der Waals surface area contributed by atoms with Crippen LogP contribution in [0.5, 0.6) is 0 Å². The molecule has 0 aliphatic heterocycles. The van der Waals surface area contributed by atoms with Gasteiger partial charge in [0.05, 0.1) is 21.9 Å². The van der Waals surface area contributed by atoms with Gasteiger partial charge >= 0.3 is 0 Å². The van der Waals surface area contributed by atoms with Gasteiger partial charge in [-0.15, -0.1) is 0 Å². The maximum atomic E-state index is 12.1. The SMILES string of the molecule is Cc1nn(CC(=O)NC(C)c2ccccc2)c(C)c1Br. The van der Waals surface area contributed by atoms with E-state index in [-0.39, 0.29) is 18.5 Å². The van der Waals surface area contributed by atoms with Gasteiger partial charge in [-0.3, -0.25) is 9.48 Å². The normalized spacial score (nSPS) is 12.2. The van der Waals surface area contributed by atoms with E-state index in [1.165, 1.54) is 0 Å². The van der Waals surface area contributed by atoms with Crippen LogP contribution in [0.1, 0.15) is 29.9 Å². The third-order valence-corrected chi connectivity index (χ3v) is 4.41. The Morgan fingerprint density at radius 1 is 1.35 bits per heavy atom. The van der Waals surface area contributed by atoms with Crippen LogP contribution in [0.25, 0.3) is 0 Å². The van der Waals surface area contributed by atoms with E-state index in [1.54, 1.807) is 4.68 Å². The Morgan fingerprint density at radius 2 is 2.00 bits per heavy atom. The van der Waals surface area contributed by atoms with E-state index in [1.807, 2.05) is 51.1 Å². The van der Waals surface area contributed by atoms with Crippen molar-refractivity contribution in [2.45, 2.75) is 33.4 Å². The van der Waals surface area contributed by atoms with Crippen LogP contribution in [-0.2, 0) is 11.3 Å². The summed E-state index contributed by atoms with van der Waals surface area (Å²) in [4.78, 5) is 12.1. The number of nitrogens with zero attached hydrogens (tertiary/aromatic N) is 2. The number of aromatic nitrogens is 2. The first-order valence-electron chi connectivity index (χ1n) is 6.53. The number of nitrogens with one attached hydrogen (secondary N) is 1. The zero-order chi connectivity index (χ0) is 14.7. The Balaban J connectivity index is 2.01. The highest BCUT2D eigenvalue weighted by molar-refractivity contribution is 9.10. The summed E-state index contributed by atoms with van der Waals surface area (Å²) in [6, 6.07) is 9.90. The van der Waals surface area contributed by atoms with E-state index in [4.69, 9.17) is 0 Å². The number of carbonyl (C=O) groups excluding carboxylic acids is 1. The summed E-state index contributed by atoms with van der Waals surface area (Å²) in [7, 11) is 0. The van der Waals surface area contributed by atoms with E-state index in [9.17, 15) is 4.79 Å². The van der Waals surface area contributed by atoms with Gasteiger partial charge in [0, 0.05) is 0 Å². The molecule has 1 heterocycles. The van der Waals surface area contributed by atoms with E-state index in [0.29, 0.717) is 0 Å². The van der Waals surface area contributed by atoms with Crippen molar-refractivity contribution in [2.75, 3.05) is 0 Å². The van der Waals surface area contributed by atoms with Crippen LogP contribution in [0.3, 0.4) is 0 Å². The van der Waals surface area contributed by atoms with Crippen LogP contribution in [-0.4, -0.2) is 15.7 Å². The molecule has 0 bridgehead atoms. The average Bonchev–Trinajstić information content (AvgIpc) is 2.67. The second-order valence-corrected chi connectivity index (χ2v) is 5.64. The van der Waals surface area contributed by atoms with E-state index in [0.717, 1.165) is 21.4 Å². The van der Waals surface area contributed by atoms with Gasteiger partial charge in [-0.2, -0.15) is 5.10 Å². The fraction of sp³-hybridized carbons (Fsp3) is 0.333. The summed E-state index contributed by atoms with van der Waals surface area (Å²) in [5.74, 6) is -0.0422. The van der Waals surface area contributed by atoms with Crippen LogP contribution in [0.4, 0.5) is 0 Å². The van der Waals surface area contributed by atoms with Crippen LogP contribution in [0, 0.1) is 13.8 Å². The fourth-order valence-electron chi connectivity index (χ4n) is 2.08. The molecule has 2 aromatic rings. The van der Waals surface area contributed by atoms with Crippen molar-refractivity contribution in [3.05, 3.63) is 51.8 Å². The maximum Gasteiger partial charge on any atom is 0.242 e. The Bertz CT molecular complexity index is 607. The van der Waals surface area contributed by atoms with Gasteiger partial charge < -0.3 is 5.32 Å². The molecule has 0 aliphatic carbocycles. The quantitative estimate of drug-likeness (QED) is 0.932. The molecule has 0 aliphatic rings. The van der Waals surface area contributed by atoms with Gasteiger partial charge in [0.1, 0.15) is 6.54 Å². The van der Waals surface area contributed by atoms with Crippen molar-refractivity contribution < 1.29 is 4.79 Å². The summed E-state index contributed by atoms with van der Waals surface area (Å²) in [5.41, 5.74) is 2.95. The number of hydrogen-bond acceptors (Lipinski definition) is 2. The lowest BCUT2D eigenvalue weighted by atomic mass is 10.1. The lowest BCUT2D eigenvalue weighted by molar-refractivity contribution is -0.122. The molecule has 0 spiro atoms. The minimum Gasteiger partial charge on any atom is -0.348 e. The third-order valence-electron chi connectivity index (χ3n) is 3.26. The van der Waals surface area contributed by atoms with Crippen LogP contribution < -0.4 is 5.32 Å². The molecule has 0 saturated carbocycles. The number of benzene rings is 1. The molecular weight excluding hydrogens is 318 g/mol. The minimum atomic E-state index is -0.0422. The van der Waals surface area contributed by atoms with Crippen molar-refractivity contribution >= 4 is 21.8 Å². The van der Waals surface area contributed by atoms with Gasteiger partial charge in [-0.1, -0.05) is 30.3 Å². The minimum absolute atomic E-state index is 0.0101. The standard InChI is InChI=1S/C15H18BrN3O/c1-10(13-7-5-4-6-8-13)17-14(20)9-19-12(3)15(16)11(2)18-19/h4-8,10H,9H2,1-3H3,(H,17,20). The van der Waals surface area contributed by atoms with Crippen molar-refractivity contribution in [3.8, 4) is 0 Å². The molecule has 2 rings (SSSR count). The van der Waals surface area contributed by atoms with Crippen molar-refractivity contribution in [3.63, 3.8) is 0 Å². The molecule has 0 saturated heterocycles. The second-order valence-electron chi connectivity index (χ2n) is 4.84. The molecular formula is C15H18BrN3O. The molecule has 0 fully saturated rings. The molecule has 20 heavy (non-hydrogen) atoms. The monoisotopic (exact) mass is 335 g/mol. The summed E-state index contributed by atoms with van der Waals surface area (Å²) in [6.07, 6.45) is 0. The van der Waals surface area contributed by atoms with Gasteiger partial charge in [-0.05, 0) is 42.3 Å². The highest BCUT2D eigenvalue weighted by Crippen LogP contribution is 2.19. The largest absolute Gasteiger partial charge is 0.348 e. The van der Waals surface area contributed by atoms with Crippen LogP contribution in [0.15, 0.2) is 34.8 Å². The first-order chi connectivity index (χ1) is 9.49. The zero-order valence-corrected chi connectivity index (χ0v) is 13.4. The summed E-state index contributed by atoms with van der Waals surface area (Å²) in [6.45, 7) is 6.07. The number of hydrogen-bond donors (Lipinski definition) is 1. The molecule has 1 atom stereocenters. The topological polar surface area (TPSA) is 46.9 Å². The molecule has 1 unspecified atom stereocenters. The molecule has 106 valence electrons. The predicted octanol–water partition coefficient (Wildman–Crippen LogP) is 3.14. The molecule has 1 amide bonds. The van der Waals surface area contributed by atoms with Gasteiger partial charge in [0.25, 0.3) is 0 Å². The molecule has 1 N–H and O–H groups in total. The molecule has 0 radical (unpaired) electrons. The second kappa shape index (κ2) is 6.22.